The fourth-order valence-corrected chi connectivity index (χ4v) is 6.21. The molecule has 9 nitrogen and oxygen atoms in total. The Hall–Kier alpha value is -2.69. The van der Waals surface area contributed by atoms with E-state index in [0.717, 1.165) is 61.0 Å². The fourth-order valence-electron chi connectivity index (χ4n) is 5.43. The van der Waals surface area contributed by atoms with Gasteiger partial charge >= 0.3 is 6.01 Å². The van der Waals surface area contributed by atoms with Crippen molar-refractivity contribution in [2.24, 2.45) is 5.41 Å². The second kappa shape index (κ2) is 10.4. The lowest BCUT2D eigenvalue weighted by Crippen LogP contribution is -2.46. The normalized spacial score (nSPS) is 22.3. The number of likely N-dealkylation sites (tertiary alicyclic amines) is 1. The summed E-state index contributed by atoms with van der Waals surface area (Å²) in [7, 11) is 2.21. The smallest absolute Gasteiger partial charge is 0.317 e. The van der Waals surface area contributed by atoms with Gasteiger partial charge in [-0.2, -0.15) is 4.98 Å². The second-order valence-electron chi connectivity index (χ2n) is 10.4. The molecular weight excluding hydrogens is 474 g/mol. The molecule has 1 N–H and O–H groups in total. The third-order valence-electron chi connectivity index (χ3n) is 7.79. The van der Waals surface area contributed by atoms with Crippen LogP contribution in [-0.2, 0) is 11.2 Å². The SMILES string of the molecule is CN1CCCC[C@H]1Cc1cnc(Nc2ncc(-c3ccnc(OC4CCC5(CC4)COC5)n3)s2)nc1. The van der Waals surface area contributed by atoms with E-state index in [4.69, 9.17) is 9.47 Å². The number of nitrogens with one attached hydrogen (secondary N) is 1. The number of anilines is 2. The predicted molar refractivity (Wildman–Crippen MR) is 139 cm³/mol. The molecule has 190 valence electrons. The van der Waals surface area contributed by atoms with E-state index in [1.807, 2.05) is 24.7 Å². The van der Waals surface area contributed by atoms with Crippen LogP contribution in [0.5, 0.6) is 6.01 Å². The molecule has 6 rings (SSSR count). The highest BCUT2D eigenvalue weighted by atomic mass is 32.1. The van der Waals surface area contributed by atoms with Gasteiger partial charge in [0.1, 0.15) is 6.10 Å². The van der Waals surface area contributed by atoms with Gasteiger partial charge in [0.15, 0.2) is 5.13 Å². The lowest BCUT2D eigenvalue weighted by molar-refractivity contribution is -0.140. The van der Waals surface area contributed by atoms with Gasteiger partial charge in [0.25, 0.3) is 0 Å². The number of aromatic nitrogens is 5. The Balaban J connectivity index is 1.05. The van der Waals surface area contributed by atoms with E-state index in [9.17, 15) is 0 Å². The number of thiazole rings is 1. The molecule has 36 heavy (non-hydrogen) atoms. The minimum Gasteiger partial charge on any atom is -0.460 e. The number of nitrogens with zero attached hydrogens (tertiary/aromatic N) is 6. The molecular formula is C26H33N7O2S. The number of rotatable bonds is 7. The van der Waals surface area contributed by atoms with Crippen molar-refractivity contribution in [2.45, 2.75) is 63.5 Å². The van der Waals surface area contributed by atoms with E-state index in [1.165, 1.54) is 42.7 Å². The van der Waals surface area contributed by atoms with Crippen molar-refractivity contribution >= 4 is 22.4 Å². The summed E-state index contributed by atoms with van der Waals surface area (Å²) >= 11 is 1.51. The maximum absolute atomic E-state index is 6.14. The Bertz CT molecular complexity index is 1160. The molecule has 2 aliphatic heterocycles. The molecule has 2 saturated heterocycles. The molecule has 1 atom stereocenters. The van der Waals surface area contributed by atoms with Gasteiger partial charge < -0.3 is 19.7 Å². The summed E-state index contributed by atoms with van der Waals surface area (Å²) in [6.07, 6.45) is 16.8. The van der Waals surface area contributed by atoms with Gasteiger partial charge in [-0.1, -0.05) is 17.8 Å². The van der Waals surface area contributed by atoms with Crippen molar-refractivity contribution in [1.82, 2.24) is 29.8 Å². The number of likely N-dealkylation sites (N-methyl/N-ethyl adjacent to an activating group) is 1. The zero-order valence-electron chi connectivity index (χ0n) is 20.7. The van der Waals surface area contributed by atoms with Crippen LogP contribution in [0.3, 0.4) is 0 Å². The molecule has 3 aromatic rings. The van der Waals surface area contributed by atoms with Crippen LogP contribution < -0.4 is 10.1 Å². The first-order chi connectivity index (χ1) is 17.6. The number of piperidine rings is 1. The molecule has 0 radical (unpaired) electrons. The molecule has 0 unspecified atom stereocenters. The fraction of sp³-hybridized carbons (Fsp3) is 0.577. The van der Waals surface area contributed by atoms with E-state index < -0.39 is 0 Å². The molecule has 3 aliphatic rings. The monoisotopic (exact) mass is 507 g/mol. The van der Waals surface area contributed by atoms with E-state index >= 15 is 0 Å². The molecule has 10 heteroatoms. The van der Waals surface area contributed by atoms with E-state index in [-0.39, 0.29) is 6.10 Å². The van der Waals surface area contributed by atoms with Crippen LogP contribution in [0.4, 0.5) is 11.1 Å². The van der Waals surface area contributed by atoms with Gasteiger partial charge in [0.05, 0.1) is 23.8 Å². The summed E-state index contributed by atoms with van der Waals surface area (Å²) in [5.41, 5.74) is 2.38. The molecule has 0 amide bonds. The van der Waals surface area contributed by atoms with Crippen molar-refractivity contribution < 1.29 is 9.47 Å². The van der Waals surface area contributed by atoms with E-state index in [1.54, 1.807) is 6.20 Å². The topological polar surface area (TPSA) is 98.2 Å². The number of hydrogen-bond donors (Lipinski definition) is 1. The van der Waals surface area contributed by atoms with Gasteiger partial charge in [-0.15, -0.1) is 0 Å². The lowest BCUT2D eigenvalue weighted by atomic mass is 9.72. The maximum Gasteiger partial charge on any atom is 0.317 e. The van der Waals surface area contributed by atoms with Crippen LogP contribution in [0.2, 0.25) is 0 Å². The summed E-state index contributed by atoms with van der Waals surface area (Å²) in [4.78, 5) is 25.9. The van der Waals surface area contributed by atoms with Crippen LogP contribution in [-0.4, -0.2) is 68.8 Å². The Labute approximate surface area is 215 Å². The largest absolute Gasteiger partial charge is 0.460 e. The minimum atomic E-state index is 0.170. The van der Waals surface area contributed by atoms with Crippen LogP contribution >= 0.6 is 11.3 Å². The zero-order valence-corrected chi connectivity index (χ0v) is 21.5. The molecule has 3 aromatic heterocycles. The van der Waals surface area contributed by atoms with E-state index in [0.29, 0.717) is 23.4 Å². The number of ether oxygens (including phenoxy) is 2. The average molecular weight is 508 g/mol. The molecule has 0 bridgehead atoms. The summed E-state index contributed by atoms with van der Waals surface area (Å²) in [6.45, 7) is 2.98. The minimum absolute atomic E-state index is 0.170. The summed E-state index contributed by atoms with van der Waals surface area (Å²) in [5.74, 6) is 0.551. The molecule has 1 spiro atoms. The highest BCUT2D eigenvalue weighted by Gasteiger charge is 2.42. The Morgan fingerprint density at radius 1 is 1.08 bits per heavy atom. The van der Waals surface area contributed by atoms with Crippen molar-refractivity contribution in [3.05, 3.63) is 36.4 Å². The Morgan fingerprint density at radius 2 is 1.92 bits per heavy atom. The van der Waals surface area contributed by atoms with E-state index in [2.05, 4.69) is 42.2 Å². The van der Waals surface area contributed by atoms with Crippen LogP contribution in [0, 0.1) is 5.41 Å². The van der Waals surface area contributed by atoms with Crippen molar-refractivity contribution in [3.63, 3.8) is 0 Å². The average Bonchev–Trinajstić information content (AvgIpc) is 3.35. The summed E-state index contributed by atoms with van der Waals surface area (Å²) < 4.78 is 11.6. The third-order valence-corrected chi connectivity index (χ3v) is 8.73. The van der Waals surface area contributed by atoms with Crippen molar-refractivity contribution in [3.8, 4) is 16.6 Å². The van der Waals surface area contributed by atoms with Gasteiger partial charge in [-0.25, -0.2) is 19.9 Å². The predicted octanol–water partition coefficient (Wildman–Crippen LogP) is 4.50. The maximum atomic E-state index is 6.14. The highest BCUT2D eigenvalue weighted by Crippen LogP contribution is 2.43. The summed E-state index contributed by atoms with van der Waals surface area (Å²) in [6, 6.07) is 2.90. The summed E-state index contributed by atoms with van der Waals surface area (Å²) in [5, 5.41) is 3.95. The Kier molecular flexibility index (Phi) is 6.81. The molecule has 3 fully saturated rings. The molecule has 5 heterocycles. The first kappa shape index (κ1) is 23.7. The van der Waals surface area contributed by atoms with Crippen molar-refractivity contribution in [1.29, 1.82) is 0 Å². The molecule has 1 aliphatic carbocycles. The third kappa shape index (κ3) is 5.35. The van der Waals surface area contributed by atoms with Crippen LogP contribution in [0.25, 0.3) is 10.6 Å². The standard InChI is InChI=1S/C26H33N7O2S/c1-33-11-3-2-4-19(33)12-18-13-28-23(29-14-18)32-25-30-15-22(36-25)21-7-10-27-24(31-21)35-20-5-8-26(9-6-20)16-34-17-26/h7,10,13-15,19-20H,2-6,8-9,11-12,16-17H2,1H3,(H,28,29,30,32)/t19-/m0/s1. The Morgan fingerprint density at radius 3 is 2.67 bits per heavy atom. The van der Waals surface area contributed by atoms with Crippen LogP contribution in [0.1, 0.15) is 50.5 Å². The van der Waals surface area contributed by atoms with Crippen molar-refractivity contribution in [2.75, 3.05) is 32.1 Å². The van der Waals surface area contributed by atoms with Gasteiger partial charge in [-0.3, -0.25) is 0 Å². The first-order valence-electron chi connectivity index (χ1n) is 13.0. The van der Waals surface area contributed by atoms with Gasteiger partial charge in [-0.05, 0) is 70.2 Å². The first-order valence-corrected chi connectivity index (χ1v) is 13.8. The highest BCUT2D eigenvalue weighted by molar-refractivity contribution is 7.18. The molecule has 1 saturated carbocycles. The zero-order chi connectivity index (χ0) is 24.4. The lowest BCUT2D eigenvalue weighted by Gasteiger charge is -2.45. The van der Waals surface area contributed by atoms with Crippen LogP contribution in [0.15, 0.2) is 30.9 Å². The van der Waals surface area contributed by atoms with Gasteiger partial charge in [0.2, 0.25) is 5.95 Å². The van der Waals surface area contributed by atoms with Gasteiger partial charge in [0, 0.05) is 36.2 Å². The quantitative estimate of drug-likeness (QED) is 0.496. The number of hydrogen-bond acceptors (Lipinski definition) is 10. The second-order valence-corrected chi connectivity index (χ2v) is 11.5. The molecule has 0 aromatic carbocycles.